The first-order valence-electron chi connectivity index (χ1n) is 7.22. The maximum absolute atomic E-state index is 9.91. The topological polar surface area (TPSA) is 32.8 Å². The molecule has 100 valence electrons. The van der Waals surface area contributed by atoms with E-state index in [0.717, 1.165) is 18.8 Å². The number of aliphatic hydroxyl groups is 1. The maximum atomic E-state index is 9.91. The Kier molecular flexibility index (Phi) is 3.57. The number of ether oxygens (including phenoxy) is 1. The van der Waals surface area contributed by atoms with Crippen LogP contribution in [-0.2, 0) is 4.74 Å². The Bertz CT molecular complexity index is 269. The van der Waals surface area contributed by atoms with E-state index >= 15 is 0 Å². The van der Waals surface area contributed by atoms with Crippen molar-refractivity contribution in [3.8, 4) is 0 Å². The van der Waals surface area contributed by atoms with Crippen LogP contribution < -0.4 is 0 Å². The van der Waals surface area contributed by atoms with Crippen molar-refractivity contribution in [3.05, 3.63) is 0 Å². The van der Waals surface area contributed by atoms with Crippen molar-refractivity contribution in [2.75, 3.05) is 0 Å². The predicted octanol–water partition coefficient (Wildman–Crippen LogP) is 3.52. The Hall–Kier alpha value is -0.0800. The van der Waals surface area contributed by atoms with E-state index in [2.05, 4.69) is 13.8 Å². The summed E-state index contributed by atoms with van der Waals surface area (Å²) in [4.78, 5) is 0. The Morgan fingerprint density at radius 3 is 2.35 bits per heavy atom. The van der Waals surface area contributed by atoms with Crippen LogP contribution in [0.2, 0.25) is 0 Å². The largest absolute Gasteiger partial charge is 0.390 e. The number of hydrogen-bond donors (Lipinski definition) is 1. The highest BCUT2D eigenvalue weighted by molar-refractivity contribution is 4.97. The molecule has 4 atom stereocenters. The second-order valence-corrected chi connectivity index (χ2v) is 7.04. The third-order valence-electron chi connectivity index (χ3n) is 5.11. The summed E-state index contributed by atoms with van der Waals surface area (Å²) in [6.07, 6.45) is 8.25. The first kappa shape index (κ1) is 13.4. The van der Waals surface area contributed by atoms with Crippen molar-refractivity contribution in [1.29, 1.82) is 0 Å². The number of epoxide rings is 1. The first-order chi connectivity index (χ1) is 7.84. The van der Waals surface area contributed by atoms with Crippen LogP contribution in [0, 0.1) is 11.3 Å². The van der Waals surface area contributed by atoms with Gasteiger partial charge >= 0.3 is 0 Å². The summed E-state index contributed by atoms with van der Waals surface area (Å²) in [5.74, 6) is 0.790. The van der Waals surface area contributed by atoms with Crippen LogP contribution in [0.25, 0.3) is 0 Å². The summed E-state index contributed by atoms with van der Waals surface area (Å²) < 4.78 is 5.64. The SMILES string of the molecule is CCC(C)(CCC(C)(C)O)C1CCC2OC2C1. The summed E-state index contributed by atoms with van der Waals surface area (Å²) in [6, 6.07) is 0. The molecule has 0 amide bonds. The Morgan fingerprint density at radius 2 is 1.82 bits per heavy atom. The Morgan fingerprint density at radius 1 is 1.12 bits per heavy atom. The molecule has 1 N–H and O–H groups in total. The lowest BCUT2D eigenvalue weighted by Gasteiger charge is -2.40. The van der Waals surface area contributed by atoms with Gasteiger partial charge in [-0.1, -0.05) is 20.3 Å². The Labute approximate surface area is 106 Å². The average Bonchev–Trinajstić information content (AvgIpc) is 3.02. The van der Waals surface area contributed by atoms with Crippen LogP contribution in [0.3, 0.4) is 0 Å². The molecule has 1 heterocycles. The van der Waals surface area contributed by atoms with Gasteiger partial charge in [0.15, 0.2) is 0 Å². The van der Waals surface area contributed by atoms with E-state index in [0.29, 0.717) is 17.6 Å². The molecule has 0 spiro atoms. The van der Waals surface area contributed by atoms with Gasteiger partial charge in [-0.25, -0.2) is 0 Å². The van der Waals surface area contributed by atoms with Crippen LogP contribution >= 0.6 is 0 Å². The molecule has 0 bridgehead atoms. The molecule has 1 aliphatic carbocycles. The van der Waals surface area contributed by atoms with Gasteiger partial charge in [0.2, 0.25) is 0 Å². The minimum Gasteiger partial charge on any atom is -0.390 e. The van der Waals surface area contributed by atoms with Gasteiger partial charge in [-0.3, -0.25) is 0 Å². The summed E-state index contributed by atoms with van der Waals surface area (Å²) in [5.41, 5.74) is -0.138. The van der Waals surface area contributed by atoms with Crippen molar-refractivity contribution in [3.63, 3.8) is 0 Å². The van der Waals surface area contributed by atoms with Crippen LogP contribution in [-0.4, -0.2) is 22.9 Å². The number of rotatable bonds is 5. The molecule has 2 nitrogen and oxygen atoms in total. The number of hydrogen-bond acceptors (Lipinski definition) is 2. The molecule has 1 aliphatic heterocycles. The smallest absolute Gasteiger partial charge is 0.0844 e. The molecule has 0 aromatic heterocycles. The van der Waals surface area contributed by atoms with E-state index in [1.54, 1.807) is 0 Å². The van der Waals surface area contributed by atoms with E-state index in [9.17, 15) is 5.11 Å². The minimum absolute atomic E-state index is 0.386. The Balaban J connectivity index is 1.92. The summed E-state index contributed by atoms with van der Waals surface area (Å²) in [5, 5.41) is 9.91. The van der Waals surface area contributed by atoms with E-state index in [1.165, 1.54) is 25.7 Å². The molecule has 0 aromatic carbocycles. The van der Waals surface area contributed by atoms with Gasteiger partial charge in [0, 0.05) is 0 Å². The lowest BCUT2D eigenvalue weighted by atomic mass is 9.65. The lowest BCUT2D eigenvalue weighted by Crippen LogP contribution is -2.33. The molecule has 0 radical (unpaired) electrons. The molecular weight excluding hydrogens is 212 g/mol. The van der Waals surface area contributed by atoms with Crippen molar-refractivity contribution in [2.45, 2.75) is 84.0 Å². The van der Waals surface area contributed by atoms with Gasteiger partial charge in [0.05, 0.1) is 17.8 Å². The van der Waals surface area contributed by atoms with Crippen LogP contribution in [0.4, 0.5) is 0 Å². The van der Waals surface area contributed by atoms with Crippen molar-refractivity contribution >= 4 is 0 Å². The molecular formula is C15H28O2. The molecule has 1 saturated heterocycles. The second-order valence-electron chi connectivity index (χ2n) is 7.04. The highest BCUT2D eigenvalue weighted by atomic mass is 16.6. The fourth-order valence-corrected chi connectivity index (χ4v) is 3.30. The van der Waals surface area contributed by atoms with Crippen molar-refractivity contribution in [2.24, 2.45) is 11.3 Å². The van der Waals surface area contributed by atoms with Gasteiger partial charge in [-0.05, 0) is 57.3 Å². The third kappa shape index (κ3) is 3.23. The predicted molar refractivity (Wildman–Crippen MR) is 69.9 cm³/mol. The van der Waals surface area contributed by atoms with Gasteiger partial charge in [-0.15, -0.1) is 0 Å². The first-order valence-corrected chi connectivity index (χ1v) is 7.22. The molecule has 1 saturated carbocycles. The molecule has 2 fully saturated rings. The number of fused-ring (bicyclic) bond motifs is 1. The van der Waals surface area contributed by atoms with Gasteiger partial charge in [0.1, 0.15) is 0 Å². The van der Waals surface area contributed by atoms with Gasteiger partial charge in [-0.2, -0.15) is 0 Å². The zero-order chi connectivity index (χ0) is 12.7. The molecule has 2 heteroatoms. The maximum Gasteiger partial charge on any atom is 0.0844 e. The normalized spacial score (nSPS) is 36.2. The van der Waals surface area contributed by atoms with Crippen LogP contribution in [0.1, 0.15) is 66.2 Å². The zero-order valence-corrected chi connectivity index (χ0v) is 11.8. The minimum atomic E-state index is -0.524. The summed E-state index contributed by atoms with van der Waals surface area (Å²) >= 11 is 0. The average molecular weight is 240 g/mol. The van der Waals surface area contributed by atoms with Crippen LogP contribution in [0.15, 0.2) is 0 Å². The highest BCUT2D eigenvalue weighted by Crippen LogP contribution is 2.49. The summed E-state index contributed by atoms with van der Waals surface area (Å²) in [6.45, 7) is 8.55. The molecule has 4 unspecified atom stereocenters. The quantitative estimate of drug-likeness (QED) is 0.746. The van der Waals surface area contributed by atoms with Crippen LogP contribution in [0.5, 0.6) is 0 Å². The lowest BCUT2D eigenvalue weighted by molar-refractivity contribution is 0.0355. The van der Waals surface area contributed by atoms with E-state index < -0.39 is 5.60 Å². The van der Waals surface area contributed by atoms with E-state index in [-0.39, 0.29) is 0 Å². The fourth-order valence-electron chi connectivity index (χ4n) is 3.30. The zero-order valence-electron chi connectivity index (χ0n) is 11.8. The van der Waals surface area contributed by atoms with Gasteiger partial charge < -0.3 is 9.84 Å². The second kappa shape index (κ2) is 4.55. The third-order valence-corrected chi connectivity index (χ3v) is 5.11. The molecule has 17 heavy (non-hydrogen) atoms. The van der Waals surface area contributed by atoms with Crippen molar-refractivity contribution in [1.82, 2.24) is 0 Å². The standard InChI is InChI=1S/C15H28O2/c1-5-15(4,9-8-14(2,3)16)11-6-7-12-13(10-11)17-12/h11-13,16H,5-10H2,1-4H3. The fraction of sp³-hybridized carbons (Fsp3) is 1.00. The van der Waals surface area contributed by atoms with Crippen molar-refractivity contribution < 1.29 is 9.84 Å². The highest BCUT2D eigenvalue weighted by Gasteiger charge is 2.48. The molecule has 2 aliphatic rings. The molecule has 2 rings (SSSR count). The summed E-state index contributed by atoms with van der Waals surface area (Å²) in [7, 11) is 0. The monoisotopic (exact) mass is 240 g/mol. The molecule has 0 aromatic rings. The van der Waals surface area contributed by atoms with Gasteiger partial charge in [0.25, 0.3) is 0 Å². The van der Waals surface area contributed by atoms with E-state index in [1.807, 2.05) is 13.8 Å². The van der Waals surface area contributed by atoms with E-state index in [4.69, 9.17) is 4.74 Å².